The van der Waals surface area contributed by atoms with Gasteiger partial charge in [-0.1, -0.05) is 0 Å². The van der Waals surface area contributed by atoms with E-state index in [1.807, 2.05) is 0 Å². The van der Waals surface area contributed by atoms with E-state index in [2.05, 4.69) is 10.2 Å². The highest BCUT2D eigenvalue weighted by Crippen LogP contribution is 2.18. The monoisotopic (exact) mass is 223 g/mol. The van der Waals surface area contributed by atoms with E-state index in [4.69, 9.17) is 5.11 Å². The lowest BCUT2D eigenvalue weighted by Crippen LogP contribution is -2.40. The molecule has 0 aromatic carbocycles. The zero-order valence-electron chi connectivity index (χ0n) is 8.72. The van der Waals surface area contributed by atoms with E-state index >= 15 is 0 Å². The third-order valence-electron chi connectivity index (χ3n) is 2.88. The zero-order chi connectivity index (χ0) is 11.5. The Balaban J connectivity index is 1.94. The lowest BCUT2D eigenvalue weighted by molar-refractivity contribution is -0.143. The number of amides is 1. The van der Waals surface area contributed by atoms with Crippen molar-refractivity contribution in [2.24, 2.45) is 5.92 Å². The van der Waals surface area contributed by atoms with Gasteiger partial charge in [-0.25, -0.2) is 0 Å². The molecule has 2 heterocycles. The summed E-state index contributed by atoms with van der Waals surface area (Å²) in [5.74, 6) is -1.17. The normalized spacial score (nSPS) is 17.4. The van der Waals surface area contributed by atoms with Crippen molar-refractivity contribution in [2.45, 2.75) is 12.8 Å². The van der Waals surface area contributed by atoms with Crippen molar-refractivity contribution in [1.82, 2.24) is 15.1 Å². The number of H-pyrrole nitrogens is 1. The molecule has 0 saturated carbocycles. The number of nitrogens with zero attached hydrogens (tertiary/aromatic N) is 2. The largest absolute Gasteiger partial charge is 0.481 e. The average molecular weight is 223 g/mol. The summed E-state index contributed by atoms with van der Waals surface area (Å²) in [6.07, 6.45) is 4.08. The Morgan fingerprint density at radius 1 is 1.44 bits per heavy atom. The molecule has 6 nitrogen and oxygen atoms in total. The molecular formula is C10H13N3O3. The third-order valence-corrected chi connectivity index (χ3v) is 2.88. The Morgan fingerprint density at radius 3 is 2.62 bits per heavy atom. The number of carboxylic acid groups (broad SMARTS) is 1. The fourth-order valence-corrected chi connectivity index (χ4v) is 1.88. The first-order chi connectivity index (χ1) is 7.68. The molecule has 0 radical (unpaired) electrons. The molecule has 0 spiro atoms. The quantitative estimate of drug-likeness (QED) is 0.757. The van der Waals surface area contributed by atoms with Crippen LogP contribution in [0.4, 0.5) is 0 Å². The smallest absolute Gasteiger partial charge is 0.306 e. The maximum Gasteiger partial charge on any atom is 0.306 e. The second-order valence-corrected chi connectivity index (χ2v) is 3.89. The highest BCUT2D eigenvalue weighted by Gasteiger charge is 2.27. The van der Waals surface area contributed by atoms with Crippen LogP contribution in [0, 0.1) is 5.92 Å². The van der Waals surface area contributed by atoms with Gasteiger partial charge < -0.3 is 10.0 Å². The van der Waals surface area contributed by atoms with E-state index in [1.54, 1.807) is 11.1 Å². The van der Waals surface area contributed by atoms with Crippen LogP contribution in [0.15, 0.2) is 12.4 Å². The van der Waals surface area contributed by atoms with Crippen LogP contribution in [0.5, 0.6) is 0 Å². The van der Waals surface area contributed by atoms with E-state index < -0.39 is 5.97 Å². The van der Waals surface area contributed by atoms with E-state index in [-0.39, 0.29) is 11.8 Å². The number of nitrogens with one attached hydrogen (secondary N) is 1. The number of rotatable bonds is 2. The van der Waals surface area contributed by atoms with Crippen molar-refractivity contribution < 1.29 is 14.7 Å². The number of carbonyl (C=O) groups excluding carboxylic acids is 1. The van der Waals surface area contributed by atoms with Gasteiger partial charge in [-0.3, -0.25) is 14.7 Å². The summed E-state index contributed by atoms with van der Waals surface area (Å²) in [6, 6.07) is 0. The number of carboxylic acids is 1. The van der Waals surface area contributed by atoms with Crippen molar-refractivity contribution in [1.29, 1.82) is 0 Å². The van der Waals surface area contributed by atoms with Crippen LogP contribution in [0.25, 0.3) is 0 Å². The standard InChI is InChI=1S/C10H13N3O3/c14-9(8-5-11-12-6-8)13-3-1-7(2-4-13)10(15)16/h5-7H,1-4H2,(H,11,12)(H,15,16). The highest BCUT2D eigenvalue weighted by atomic mass is 16.4. The number of aromatic nitrogens is 2. The summed E-state index contributed by atoms with van der Waals surface area (Å²) in [5, 5.41) is 15.1. The van der Waals surface area contributed by atoms with Gasteiger partial charge in [0.05, 0.1) is 17.7 Å². The van der Waals surface area contributed by atoms with Crippen LogP contribution in [-0.2, 0) is 4.79 Å². The minimum absolute atomic E-state index is 0.0856. The number of carbonyl (C=O) groups is 2. The van der Waals surface area contributed by atoms with Gasteiger partial charge in [0.2, 0.25) is 0 Å². The molecule has 1 saturated heterocycles. The zero-order valence-corrected chi connectivity index (χ0v) is 8.72. The Morgan fingerprint density at radius 2 is 2.12 bits per heavy atom. The Kier molecular flexibility index (Phi) is 2.89. The van der Waals surface area contributed by atoms with E-state index in [9.17, 15) is 9.59 Å². The molecule has 6 heteroatoms. The molecule has 1 amide bonds. The lowest BCUT2D eigenvalue weighted by Gasteiger charge is -2.29. The van der Waals surface area contributed by atoms with Gasteiger partial charge in [0.1, 0.15) is 0 Å². The van der Waals surface area contributed by atoms with Crippen LogP contribution >= 0.6 is 0 Å². The first-order valence-electron chi connectivity index (χ1n) is 5.19. The van der Waals surface area contributed by atoms with Crippen molar-refractivity contribution in [3.63, 3.8) is 0 Å². The molecule has 1 aromatic heterocycles. The molecule has 0 aliphatic carbocycles. The molecule has 1 fully saturated rings. The number of hydrogen-bond donors (Lipinski definition) is 2. The number of likely N-dealkylation sites (tertiary alicyclic amines) is 1. The third kappa shape index (κ3) is 2.05. The minimum atomic E-state index is -0.768. The van der Waals surface area contributed by atoms with Crippen molar-refractivity contribution in [2.75, 3.05) is 13.1 Å². The molecule has 2 N–H and O–H groups in total. The Labute approximate surface area is 92.3 Å². The lowest BCUT2D eigenvalue weighted by atomic mass is 9.97. The van der Waals surface area contributed by atoms with Crippen LogP contribution < -0.4 is 0 Å². The Hall–Kier alpha value is -1.85. The van der Waals surface area contributed by atoms with Crippen molar-refractivity contribution in [3.05, 3.63) is 18.0 Å². The van der Waals surface area contributed by atoms with Gasteiger partial charge in [-0.05, 0) is 12.8 Å². The van der Waals surface area contributed by atoms with Gasteiger partial charge in [0.15, 0.2) is 0 Å². The van der Waals surface area contributed by atoms with Gasteiger partial charge in [0, 0.05) is 19.3 Å². The van der Waals surface area contributed by atoms with Crippen LogP contribution in [0.3, 0.4) is 0 Å². The number of piperidine rings is 1. The Bertz CT molecular complexity index is 380. The number of hydrogen-bond acceptors (Lipinski definition) is 3. The summed E-state index contributed by atoms with van der Waals surface area (Å²) in [5.41, 5.74) is 0.522. The van der Waals surface area contributed by atoms with Crippen LogP contribution in [-0.4, -0.2) is 45.2 Å². The first kappa shape index (κ1) is 10.7. The van der Waals surface area contributed by atoms with Crippen LogP contribution in [0.2, 0.25) is 0 Å². The first-order valence-corrected chi connectivity index (χ1v) is 5.19. The summed E-state index contributed by atoms with van der Waals surface area (Å²) in [6.45, 7) is 1.00. The average Bonchev–Trinajstić information content (AvgIpc) is 2.81. The van der Waals surface area contributed by atoms with Crippen molar-refractivity contribution >= 4 is 11.9 Å². The molecule has 2 rings (SSSR count). The van der Waals surface area contributed by atoms with Crippen molar-refractivity contribution in [3.8, 4) is 0 Å². The second kappa shape index (κ2) is 4.34. The summed E-state index contributed by atoms with van der Waals surface area (Å²) < 4.78 is 0. The second-order valence-electron chi connectivity index (χ2n) is 3.89. The molecule has 1 aliphatic heterocycles. The highest BCUT2D eigenvalue weighted by molar-refractivity contribution is 5.93. The number of aliphatic carboxylic acids is 1. The van der Waals surface area contributed by atoms with Gasteiger partial charge in [-0.15, -0.1) is 0 Å². The molecule has 16 heavy (non-hydrogen) atoms. The molecular weight excluding hydrogens is 210 g/mol. The van der Waals surface area contributed by atoms with E-state index in [0.717, 1.165) is 0 Å². The summed E-state index contributed by atoms with van der Waals surface area (Å²) in [7, 11) is 0. The SMILES string of the molecule is O=C(O)C1CCN(C(=O)c2cn[nH]c2)CC1. The fraction of sp³-hybridized carbons (Fsp3) is 0.500. The molecule has 0 unspecified atom stereocenters. The topological polar surface area (TPSA) is 86.3 Å². The molecule has 1 aromatic rings. The van der Waals surface area contributed by atoms with Crippen LogP contribution in [0.1, 0.15) is 23.2 Å². The summed E-state index contributed by atoms with van der Waals surface area (Å²) >= 11 is 0. The van der Waals surface area contributed by atoms with E-state index in [0.29, 0.717) is 31.5 Å². The molecule has 86 valence electrons. The fourth-order valence-electron chi connectivity index (χ4n) is 1.88. The summed E-state index contributed by atoms with van der Waals surface area (Å²) in [4.78, 5) is 24.3. The predicted octanol–water partition coefficient (Wildman–Crippen LogP) is 0.347. The van der Waals surface area contributed by atoms with E-state index in [1.165, 1.54) is 6.20 Å². The predicted molar refractivity (Wildman–Crippen MR) is 54.9 cm³/mol. The molecule has 0 bridgehead atoms. The maximum absolute atomic E-state index is 11.9. The molecule has 1 aliphatic rings. The van der Waals surface area contributed by atoms with Gasteiger partial charge >= 0.3 is 5.97 Å². The van der Waals surface area contributed by atoms with Gasteiger partial charge in [0.25, 0.3) is 5.91 Å². The molecule has 0 atom stereocenters. The maximum atomic E-state index is 11.9. The number of aromatic amines is 1. The minimum Gasteiger partial charge on any atom is -0.481 e. The van der Waals surface area contributed by atoms with Gasteiger partial charge in [-0.2, -0.15) is 5.10 Å².